The van der Waals surface area contributed by atoms with Gasteiger partial charge in [0.1, 0.15) is 15.9 Å². The summed E-state index contributed by atoms with van der Waals surface area (Å²) < 4.78 is 5.31. The third kappa shape index (κ3) is 3.78. The third-order valence-corrected chi connectivity index (χ3v) is 10.6. The molecule has 0 bridgehead atoms. The fourth-order valence-electron chi connectivity index (χ4n) is 2.78. The molecule has 0 amide bonds. The van der Waals surface area contributed by atoms with Crippen LogP contribution < -0.4 is 15.9 Å². The molecule has 3 aromatic carbocycles. The number of ether oxygens (including phenoxy) is 1. The van der Waals surface area contributed by atoms with Crippen LogP contribution in [0.3, 0.4) is 0 Å². The van der Waals surface area contributed by atoms with Crippen molar-refractivity contribution < 1.29 is 9.53 Å². The van der Waals surface area contributed by atoms with Crippen LogP contribution in [0.25, 0.3) is 0 Å². The molecule has 0 saturated heterocycles. The van der Waals surface area contributed by atoms with E-state index in [2.05, 4.69) is 36.4 Å². The highest BCUT2D eigenvalue weighted by atomic mass is 32.7. The van der Waals surface area contributed by atoms with Crippen LogP contribution in [0.15, 0.2) is 91.0 Å². The third-order valence-electron chi connectivity index (χ3n) is 3.83. The van der Waals surface area contributed by atoms with Gasteiger partial charge in [0.25, 0.3) is 0 Å². The first-order valence-electron chi connectivity index (χ1n) is 8.19. The van der Waals surface area contributed by atoms with Gasteiger partial charge in [-0.1, -0.05) is 54.6 Å². The first kappa shape index (κ1) is 17.7. The lowest BCUT2D eigenvalue weighted by Gasteiger charge is -2.24. The van der Waals surface area contributed by atoms with Gasteiger partial charge in [-0.3, -0.25) is 0 Å². The van der Waals surface area contributed by atoms with E-state index < -0.39 is 6.46 Å². The molecule has 4 heteroatoms. The molecular weight excluding hydrogens is 347 g/mol. The van der Waals surface area contributed by atoms with E-state index in [1.165, 1.54) is 11.4 Å². The van der Waals surface area contributed by atoms with E-state index in [1.54, 1.807) is 0 Å². The van der Waals surface area contributed by atoms with E-state index in [-0.39, 0.29) is 5.30 Å². The molecule has 0 N–H and O–H groups in total. The van der Waals surface area contributed by atoms with E-state index >= 15 is 0 Å². The van der Waals surface area contributed by atoms with Crippen LogP contribution >= 0.6 is 17.8 Å². The Morgan fingerprint density at radius 2 is 1.12 bits per heavy atom. The van der Waals surface area contributed by atoms with Gasteiger partial charge in [0, 0.05) is 0 Å². The maximum atomic E-state index is 12.5. The maximum Gasteiger partial charge on any atom is 0.407 e. The number of carbonyl (C=O) groups is 1. The van der Waals surface area contributed by atoms with Crippen molar-refractivity contribution in [3.8, 4) is 0 Å². The Kier molecular flexibility index (Phi) is 5.91. The van der Waals surface area contributed by atoms with Crippen LogP contribution in [0.1, 0.15) is 6.92 Å². The van der Waals surface area contributed by atoms with Gasteiger partial charge in [-0.2, -0.15) is 0 Å². The van der Waals surface area contributed by atoms with E-state index in [0.29, 0.717) is 6.61 Å². The number of carbonyl (C=O) groups excluding carboxylic acids is 1. The Morgan fingerprint density at radius 1 is 0.760 bits per heavy atom. The number of hydrogen-bond acceptors (Lipinski definition) is 3. The summed E-state index contributed by atoms with van der Waals surface area (Å²) in [6, 6.07) is 30.9. The SMILES string of the molecule is CCOC(=O)S[P+](c1ccccc1)(c1ccccc1)c1ccccc1. The van der Waals surface area contributed by atoms with Crippen LogP contribution in [0.5, 0.6) is 0 Å². The maximum absolute atomic E-state index is 12.5. The summed E-state index contributed by atoms with van der Waals surface area (Å²) >= 11 is 1.33. The molecule has 0 spiro atoms. The smallest absolute Gasteiger partial charge is 0.407 e. The molecule has 0 aliphatic carbocycles. The number of rotatable bonds is 5. The van der Waals surface area contributed by atoms with Crippen molar-refractivity contribution in [2.45, 2.75) is 6.92 Å². The molecule has 3 aromatic rings. The van der Waals surface area contributed by atoms with Gasteiger partial charge in [-0.25, -0.2) is 4.79 Å². The largest absolute Gasteiger partial charge is 0.455 e. The van der Waals surface area contributed by atoms with Crippen molar-refractivity contribution in [2.75, 3.05) is 6.61 Å². The molecule has 126 valence electrons. The predicted octanol–water partition coefficient (Wildman–Crippen LogP) is 4.79. The molecule has 25 heavy (non-hydrogen) atoms. The van der Waals surface area contributed by atoms with Crippen molar-refractivity contribution in [3.05, 3.63) is 91.0 Å². The van der Waals surface area contributed by atoms with Crippen LogP contribution in [-0.4, -0.2) is 11.9 Å². The van der Waals surface area contributed by atoms with Gasteiger partial charge in [0.15, 0.2) is 17.8 Å². The van der Waals surface area contributed by atoms with Gasteiger partial charge in [0.2, 0.25) is 0 Å². The fraction of sp³-hybridized carbons (Fsp3) is 0.0952. The lowest BCUT2D eigenvalue weighted by molar-refractivity contribution is 0.182. The van der Waals surface area contributed by atoms with E-state index in [9.17, 15) is 4.79 Å². The summed E-state index contributed by atoms with van der Waals surface area (Å²) in [7, 11) is 0. The molecule has 0 aromatic heterocycles. The normalized spacial score (nSPS) is 11.1. The summed E-state index contributed by atoms with van der Waals surface area (Å²) in [5.41, 5.74) is 0. The molecule has 0 aliphatic rings. The predicted molar refractivity (Wildman–Crippen MR) is 110 cm³/mol. The summed E-state index contributed by atoms with van der Waals surface area (Å²) in [5.74, 6) is 0. The molecule has 0 radical (unpaired) electrons. The van der Waals surface area contributed by atoms with Gasteiger partial charge in [0.05, 0.1) is 6.61 Å². The van der Waals surface area contributed by atoms with E-state index in [0.717, 1.165) is 15.9 Å². The zero-order chi connectivity index (χ0) is 17.5. The Morgan fingerprint density at radius 3 is 1.44 bits per heavy atom. The molecule has 0 aliphatic heterocycles. The molecule has 0 heterocycles. The van der Waals surface area contributed by atoms with Crippen LogP contribution in [0.4, 0.5) is 4.79 Å². The van der Waals surface area contributed by atoms with Crippen molar-refractivity contribution in [1.29, 1.82) is 0 Å². The molecule has 3 rings (SSSR count). The van der Waals surface area contributed by atoms with Gasteiger partial charge >= 0.3 is 5.30 Å². The van der Waals surface area contributed by atoms with Crippen molar-refractivity contribution in [1.82, 2.24) is 0 Å². The van der Waals surface area contributed by atoms with Crippen LogP contribution in [-0.2, 0) is 4.74 Å². The average molecular weight is 367 g/mol. The lowest BCUT2D eigenvalue weighted by atomic mass is 10.4. The zero-order valence-electron chi connectivity index (χ0n) is 14.0. The fourth-order valence-corrected chi connectivity index (χ4v) is 9.03. The lowest BCUT2D eigenvalue weighted by Crippen LogP contribution is -2.29. The first-order chi connectivity index (χ1) is 12.3. The summed E-state index contributed by atoms with van der Waals surface area (Å²) in [4.78, 5) is 12.5. The summed E-state index contributed by atoms with van der Waals surface area (Å²) in [6.07, 6.45) is 0. The molecule has 0 saturated carbocycles. The second kappa shape index (κ2) is 8.33. The quantitative estimate of drug-likeness (QED) is 0.479. The average Bonchev–Trinajstić information content (AvgIpc) is 2.68. The zero-order valence-corrected chi connectivity index (χ0v) is 15.8. The Bertz CT molecular complexity index is 710. The second-order valence-electron chi connectivity index (χ2n) is 5.39. The Labute approximate surface area is 153 Å². The van der Waals surface area contributed by atoms with Gasteiger partial charge in [-0.05, 0) is 43.3 Å². The van der Waals surface area contributed by atoms with Crippen LogP contribution in [0, 0.1) is 0 Å². The van der Waals surface area contributed by atoms with Gasteiger partial charge in [-0.15, -0.1) is 0 Å². The van der Waals surface area contributed by atoms with Crippen molar-refractivity contribution >= 4 is 39.1 Å². The second-order valence-corrected chi connectivity index (χ2v) is 10.9. The topological polar surface area (TPSA) is 26.3 Å². The molecule has 2 nitrogen and oxygen atoms in total. The van der Waals surface area contributed by atoms with Gasteiger partial charge < -0.3 is 4.74 Å². The van der Waals surface area contributed by atoms with E-state index in [4.69, 9.17) is 4.74 Å². The Hall–Kier alpha value is -2.09. The minimum Gasteiger partial charge on any atom is -0.455 e. The van der Waals surface area contributed by atoms with Crippen molar-refractivity contribution in [3.63, 3.8) is 0 Å². The molecule has 0 atom stereocenters. The van der Waals surface area contributed by atoms with Crippen molar-refractivity contribution in [2.24, 2.45) is 0 Å². The highest BCUT2D eigenvalue weighted by Crippen LogP contribution is 2.67. The molecular formula is C21H20O2PS+. The first-order valence-corrected chi connectivity index (χ1v) is 11.4. The standard InChI is InChI=1S/C21H20O2PS/c1-2-23-21(22)25-24(18-12-6-3-7-13-18,19-14-8-4-9-15-19)20-16-10-5-11-17-20/h3-17H,2H2,1H3/q+1. The highest BCUT2D eigenvalue weighted by Gasteiger charge is 2.50. The molecule has 0 unspecified atom stereocenters. The number of benzene rings is 3. The summed E-state index contributed by atoms with van der Waals surface area (Å²) in [5, 5.41) is 3.24. The molecule has 0 fully saturated rings. The van der Waals surface area contributed by atoms with Crippen LogP contribution in [0.2, 0.25) is 0 Å². The number of hydrogen-bond donors (Lipinski definition) is 0. The van der Waals surface area contributed by atoms with E-state index in [1.807, 2.05) is 61.5 Å². The monoisotopic (exact) mass is 367 g/mol. The summed E-state index contributed by atoms with van der Waals surface area (Å²) in [6.45, 7) is 0.0216. The Balaban J connectivity index is 2.26. The minimum atomic E-state index is -2.20. The highest BCUT2D eigenvalue weighted by molar-refractivity contribution is 8.75. The minimum absolute atomic E-state index is 0.229.